The van der Waals surface area contributed by atoms with Crippen LogP contribution in [0.3, 0.4) is 0 Å². The molecule has 39 heavy (non-hydrogen) atoms. The Labute approximate surface area is 230 Å². The van der Waals surface area contributed by atoms with Crippen LogP contribution in [0.25, 0.3) is 6.08 Å². The predicted octanol–water partition coefficient (Wildman–Crippen LogP) is 1.66. The zero-order chi connectivity index (χ0) is 29.6. The van der Waals surface area contributed by atoms with Gasteiger partial charge in [0, 0.05) is 23.9 Å². The van der Waals surface area contributed by atoms with Crippen LogP contribution in [0.2, 0.25) is 0 Å². The highest BCUT2D eigenvalue weighted by molar-refractivity contribution is 8.77. The molecule has 3 unspecified atom stereocenters. The number of hydrogen-bond acceptors (Lipinski definition) is 13. The molecule has 17 nitrogen and oxygen atoms in total. The van der Waals surface area contributed by atoms with Crippen LogP contribution >= 0.6 is 45.1 Å². The maximum Gasteiger partial charge on any atom is 0.490 e. The average Bonchev–Trinajstić information content (AvgIpc) is 3.14. The summed E-state index contributed by atoms with van der Waals surface area (Å²) >= 11 is 0. The van der Waals surface area contributed by atoms with Crippen LogP contribution in [0, 0.1) is 0 Å². The molecular formula is C17H30N3O14P3S2. The fourth-order valence-electron chi connectivity index (χ4n) is 3.01. The lowest BCUT2D eigenvalue weighted by Crippen LogP contribution is -2.33. The van der Waals surface area contributed by atoms with E-state index < -0.39 is 59.8 Å². The first-order valence-electron chi connectivity index (χ1n) is 10.9. The van der Waals surface area contributed by atoms with E-state index in [1.165, 1.54) is 39.9 Å². The highest BCUT2D eigenvalue weighted by atomic mass is 33.1. The van der Waals surface area contributed by atoms with Gasteiger partial charge < -0.3 is 34.8 Å². The molecule has 1 aromatic heterocycles. The van der Waals surface area contributed by atoms with Crippen molar-refractivity contribution in [1.82, 2.24) is 9.55 Å². The first-order valence-corrected chi connectivity index (χ1v) is 17.7. The Morgan fingerprint density at radius 2 is 1.85 bits per heavy atom. The molecule has 1 saturated heterocycles. The quantitative estimate of drug-likeness (QED) is 0.0719. The van der Waals surface area contributed by atoms with Gasteiger partial charge in [0.15, 0.2) is 0 Å². The van der Waals surface area contributed by atoms with Crippen molar-refractivity contribution in [2.24, 2.45) is 5.73 Å². The van der Waals surface area contributed by atoms with Crippen LogP contribution in [0.1, 0.15) is 39.0 Å². The van der Waals surface area contributed by atoms with Crippen molar-refractivity contribution in [2.45, 2.75) is 50.4 Å². The van der Waals surface area contributed by atoms with Gasteiger partial charge in [0.05, 0.1) is 18.3 Å². The number of ether oxygens (including phenoxy) is 2. The monoisotopic (exact) mass is 657 g/mol. The van der Waals surface area contributed by atoms with Gasteiger partial charge in [-0.25, -0.2) is 18.5 Å². The lowest BCUT2D eigenvalue weighted by molar-refractivity contribution is -0.0543. The van der Waals surface area contributed by atoms with Crippen LogP contribution in [0.15, 0.2) is 21.9 Å². The smallest absolute Gasteiger partial charge is 0.364 e. The van der Waals surface area contributed by atoms with Gasteiger partial charge in [-0.2, -0.15) is 8.62 Å². The summed E-state index contributed by atoms with van der Waals surface area (Å²) in [5, 5.41) is 0. The van der Waals surface area contributed by atoms with Crippen LogP contribution in [-0.4, -0.2) is 65.2 Å². The standard InChI is InChI=1S/C17H30N3O14P3S2/c1-17(2,3)39-38-10-30-12-7-14(20-8-11(5-4-6-18)15(21)19-16(20)22)32-13(12)9-31-36(26,27)34-37(28,29)33-35(23,24)25/h4-5,8,12-14H,6-7,9-10,18H2,1-3H3,(H,26,27)(H,28,29)(H,19,21,22)(H2,23,24,25)/b5-4+/t12?,13-,14-/m1/s1. The van der Waals surface area contributed by atoms with Crippen molar-refractivity contribution in [3.05, 3.63) is 38.7 Å². The lowest BCUT2D eigenvalue weighted by Gasteiger charge is -2.22. The third-order valence-electron chi connectivity index (χ3n) is 4.38. The maximum absolute atomic E-state index is 12.5. The molecule has 5 atom stereocenters. The number of aromatic nitrogens is 2. The van der Waals surface area contributed by atoms with E-state index in [0.29, 0.717) is 0 Å². The molecule has 1 aliphatic rings. The number of phosphoric acid groups is 3. The minimum atomic E-state index is -5.71. The number of nitrogens with two attached hydrogens (primary N) is 1. The number of H-pyrrole nitrogens is 1. The fourth-order valence-corrected chi connectivity index (χ4v) is 8.05. The average molecular weight is 657 g/mol. The third kappa shape index (κ3) is 12.4. The summed E-state index contributed by atoms with van der Waals surface area (Å²) in [6, 6.07) is 0. The molecule has 7 N–H and O–H groups in total. The summed E-state index contributed by atoms with van der Waals surface area (Å²) in [4.78, 5) is 63.2. The zero-order valence-corrected chi connectivity index (χ0v) is 25.2. The Balaban J connectivity index is 2.21. The molecule has 224 valence electrons. The molecule has 1 aromatic rings. The van der Waals surface area contributed by atoms with E-state index in [1.807, 2.05) is 20.8 Å². The van der Waals surface area contributed by atoms with E-state index in [-0.39, 0.29) is 29.2 Å². The molecule has 0 spiro atoms. The molecule has 22 heteroatoms. The Hall–Kier alpha value is -0.590. The summed E-state index contributed by atoms with van der Waals surface area (Å²) < 4.78 is 59.3. The van der Waals surface area contributed by atoms with Crippen LogP contribution in [0.5, 0.6) is 0 Å². The summed E-state index contributed by atoms with van der Waals surface area (Å²) in [7, 11) is -13.8. The van der Waals surface area contributed by atoms with Crippen LogP contribution in [0.4, 0.5) is 0 Å². The van der Waals surface area contributed by atoms with Gasteiger partial charge in [-0.15, -0.1) is 0 Å². The van der Waals surface area contributed by atoms with Gasteiger partial charge in [-0.1, -0.05) is 54.5 Å². The number of hydrogen-bond donors (Lipinski definition) is 6. The second-order valence-corrected chi connectivity index (χ2v) is 16.3. The van der Waals surface area contributed by atoms with E-state index in [2.05, 4.69) is 13.6 Å². The van der Waals surface area contributed by atoms with Gasteiger partial charge in [0.2, 0.25) is 0 Å². The number of aromatic amines is 1. The summed E-state index contributed by atoms with van der Waals surface area (Å²) in [6.07, 6.45) is 1.17. The number of rotatable bonds is 14. The molecular weight excluding hydrogens is 627 g/mol. The van der Waals surface area contributed by atoms with Gasteiger partial charge in [0.1, 0.15) is 18.3 Å². The topological polar surface area (TPSA) is 259 Å². The van der Waals surface area contributed by atoms with Crippen molar-refractivity contribution in [3.63, 3.8) is 0 Å². The van der Waals surface area contributed by atoms with E-state index in [1.54, 1.807) is 0 Å². The Kier molecular flexibility index (Phi) is 12.5. The molecule has 1 aliphatic heterocycles. The zero-order valence-electron chi connectivity index (χ0n) is 20.8. The molecule has 2 heterocycles. The highest BCUT2D eigenvalue weighted by Crippen LogP contribution is 2.66. The van der Waals surface area contributed by atoms with Crippen LogP contribution < -0.4 is 17.0 Å². The Morgan fingerprint density at radius 3 is 2.44 bits per heavy atom. The molecule has 1 fully saturated rings. The van der Waals surface area contributed by atoms with E-state index >= 15 is 0 Å². The van der Waals surface area contributed by atoms with Crippen LogP contribution in [-0.2, 0) is 36.3 Å². The van der Waals surface area contributed by atoms with Crippen molar-refractivity contribution in [2.75, 3.05) is 19.1 Å². The van der Waals surface area contributed by atoms with E-state index in [4.69, 9.17) is 29.5 Å². The van der Waals surface area contributed by atoms with Crippen molar-refractivity contribution >= 4 is 51.1 Å². The van der Waals surface area contributed by atoms with Crippen molar-refractivity contribution < 1.29 is 55.9 Å². The van der Waals surface area contributed by atoms with E-state index in [9.17, 15) is 33.1 Å². The predicted molar refractivity (Wildman–Crippen MR) is 142 cm³/mol. The first-order chi connectivity index (χ1) is 17.8. The fraction of sp³-hybridized carbons (Fsp3) is 0.647. The minimum Gasteiger partial charge on any atom is -0.364 e. The van der Waals surface area contributed by atoms with Gasteiger partial charge in [-0.3, -0.25) is 18.9 Å². The molecule has 2 rings (SSSR count). The SMILES string of the molecule is CC(C)(C)SSCOC1C[C@H](n2cc(/C=C/CN)c(=O)[nH]c2=O)O[C@@H]1COP(=O)(O)OP(=O)(O)OP(=O)(O)O. The lowest BCUT2D eigenvalue weighted by atomic mass is 10.2. The normalized spacial score (nSPS) is 23.6. The molecule has 0 radical (unpaired) electrons. The Bertz CT molecular complexity index is 1280. The minimum absolute atomic E-state index is 0.0250. The second kappa shape index (κ2) is 14.1. The van der Waals surface area contributed by atoms with Gasteiger partial charge >= 0.3 is 29.2 Å². The number of phosphoric ester groups is 1. The highest BCUT2D eigenvalue weighted by Gasteiger charge is 2.43. The van der Waals surface area contributed by atoms with Crippen molar-refractivity contribution in [3.8, 4) is 0 Å². The largest absolute Gasteiger partial charge is 0.490 e. The van der Waals surface area contributed by atoms with Gasteiger partial charge in [-0.05, 0) is 0 Å². The second-order valence-electron chi connectivity index (χ2n) is 8.78. The molecule has 0 amide bonds. The third-order valence-corrected chi connectivity index (χ3v) is 11.2. The number of nitrogens with zero attached hydrogens (tertiary/aromatic N) is 1. The summed E-state index contributed by atoms with van der Waals surface area (Å²) in [5.41, 5.74) is 4.05. The maximum atomic E-state index is 12.5. The van der Waals surface area contributed by atoms with Crippen molar-refractivity contribution in [1.29, 1.82) is 0 Å². The number of nitrogens with one attached hydrogen (secondary N) is 1. The van der Waals surface area contributed by atoms with Gasteiger partial charge in [0.25, 0.3) is 5.56 Å². The summed E-state index contributed by atoms with van der Waals surface area (Å²) in [5.74, 6) is 0.138. The molecule has 0 aliphatic carbocycles. The molecule has 0 bridgehead atoms. The Morgan fingerprint density at radius 1 is 1.18 bits per heavy atom. The first kappa shape index (κ1) is 34.6. The van der Waals surface area contributed by atoms with E-state index in [0.717, 1.165) is 4.57 Å². The summed E-state index contributed by atoms with van der Waals surface area (Å²) in [6.45, 7) is 5.33. The molecule has 0 aromatic carbocycles. The molecule has 0 saturated carbocycles.